The first-order valence-corrected chi connectivity index (χ1v) is 13.7. The number of likely N-dealkylation sites (tertiary alicyclic amines) is 1. The first-order valence-electron chi connectivity index (χ1n) is 12.7. The van der Waals surface area contributed by atoms with Crippen molar-refractivity contribution >= 4 is 11.8 Å². The Bertz CT molecular complexity index is 1130. The van der Waals surface area contributed by atoms with Crippen LogP contribution in [0.1, 0.15) is 54.1 Å². The summed E-state index contributed by atoms with van der Waals surface area (Å²) in [6, 6.07) is 15.0. The number of benzene rings is 2. The molecule has 2 saturated heterocycles. The van der Waals surface area contributed by atoms with Crippen molar-refractivity contribution in [2.75, 3.05) is 32.6 Å². The smallest absolute Gasteiger partial charge is 0.195 e. The van der Waals surface area contributed by atoms with Crippen LogP contribution in [-0.4, -0.2) is 58.3 Å². The van der Waals surface area contributed by atoms with E-state index in [9.17, 15) is 0 Å². The third-order valence-electron chi connectivity index (χ3n) is 7.24. The highest BCUT2D eigenvalue weighted by Gasteiger charge is 2.28. The molecule has 5 rings (SSSR count). The lowest BCUT2D eigenvalue weighted by Crippen LogP contribution is -2.33. The quantitative estimate of drug-likeness (QED) is 0.385. The Morgan fingerprint density at radius 2 is 1.91 bits per heavy atom. The summed E-state index contributed by atoms with van der Waals surface area (Å²) in [4.78, 5) is 2.58. The van der Waals surface area contributed by atoms with Crippen LogP contribution in [0.4, 0.5) is 0 Å². The molecule has 0 aliphatic carbocycles. The maximum absolute atomic E-state index is 5.85. The largest absolute Gasteiger partial charge is 0.497 e. The molecule has 0 spiro atoms. The molecule has 0 saturated carbocycles. The average Bonchev–Trinajstić information content (AvgIpc) is 3.55. The third kappa shape index (κ3) is 5.74. The van der Waals surface area contributed by atoms with Gasteiger partial charge in [0.1, 0.15) is 11.6 Å². The molecule has 2 aliphatic heterocycles. The maximum Gasteiger partial charge on any atom is 0.195 e. The van der Waals surface area contributed by atoms with Gasteiger partial charge in [-0.25, -0.2) is 0 Å². The minimum atomic E-state index is 0.312. The predicted octanol–water partition coefficient (Wildman–Crippen LogP) is 5.54. The van der Waals surface area contributed by atoms with Crippen LogP contribution >= 0.6 is 11.8 Å². The second kappa shape index (κ2) is 11.1. The van der Waals surface area contributed by atoms with Gasteiger partial charge in [0.15, 0.2) is 5.16 Å². The zero-order chi connectivity index (χ0) is 24.2. The van der Waals surface area contributed by atoms with Gasteiger partial charge in [0, 0.05) is 30.9 Å². The number of aryl methyl sites for hydroxylation is 2. The molecule has 0 radical (unpaired) electrons. The molecule has 3 aromatic rings. The summed E-state index contributed by atoms with van der Waals surface area (Å²) >= 11 is 1.76. The number of ether oxygens (including phenoxy) is 2. The maximum atomic E-state index is 5.85. The van der Waals surface area contributed by atoms with Crippen molar-refractivity contribution in [3.63, 3.8) is 0 Å². The molecule has 1 atom stereocenters. The van der Waals surface area contributed by atoms with Crippen LogP contribution in [0, 0.1) is 13.8 Å². The van der Waals surface area contributed by atoms with Crippen molar-refractivity contribution in [2.45, 2.75) is 63.3 Å². The molecule has 186 valence electrons. The Hall–Kier alpha value is -2.35. The van der Waals surface area contributed by atoms with Crippen LogP contribution in [-0.2, 0) is 11.3 Å². The van der Waals surface area contributed by atoms with Gasteiger partial charge in [0.2, 0.25) is 0 Å². The van der Waals surface area contributed by atoms with Gasteiger partial charge < -0.3 is 9.47 Å². The van der Waals surface area contributed by atoms with Gasteiger partial charge in [0.25, 0.3) is 0 Å². The Morgan fingerprint density at radius 3 is 2.69 bits per heavy atom. The van der Waals surface area contributed by atoms with E-state index in [1.54, 1.807) is 18.9 Å². The van der Waals surface area contributed by atoms with E-state index in [0.29, 0.717) is 12.0 Å². The van der Waals surface area contributed by atoms with Gasteiger partial charge in [-0.3, -0.25) is 9.47 Å². The van der Waals surface area contributed by atoms with Gasteiger partial charge in [-0.05, 0) is 75.9 Å². The first kappa shape index (κ1) is 24.3. The second-order valence-corrected chi connectivity index (χ2v) is 10.8. The molecule has 2 fully saturated rings. The summed E-state index contributed by atoms with van der Waals surface area (Å²) < 4.78 is 13.6. The lowest BCUT2D eigenvalue weighted by Gasteiger charge is -2.32. The second-order valence-electron chi connectivity index (χ2n) is 9.80. The highest BCUT2D eigenvalue weighted by atomic mass is 32.2. The van der Waals surface area contributed by atoms with Crippen molar-refractivity contribution in [3.8, 4) is 11.4 Å². The fraction of sp³-hybridized carbons (Fsp3) is 0.500. The van der Waals surface area contributed by atoms with Crippen LogP contribution < -0.4 is 4.74 Å². The van der Waals surface area contributed by atoms with E-state index >= 15 is 0 Å². The zero-order valence-corrected chi connectivity index (χ0v) is 21.9. The van der Waals surface area contributed by atoms with Crippen molar-refractivity contribution in [3.05, 3.63) is 65.0 Å². The molecular weight excluding hydrogens is 456 g/mol. The lowest BCUT2D eigenvalue weighted by molar-refractivity contribution is 0.129. The molecule has 3 heterocycles. The fourth-order valence-corrected chi connectivity index (χ4v) is 6.16. The minimum Gasteiger partial charge on any atom is -0.497 e. The molecule has 7 heteroatoms. The minimum absolute atomic E-state index is 0.312. The lowest BCUT2D eigenvalue weighted by atomic mass is 9.95. The Balaban J connectivity index is 1.33. The normalized spacial score (nSPS) is 19.3. The highest BCUT2D eigenvalue weighted by molar-refractivity contribution is 7.99. The van der Waals surface area contributed by atoms with Gasteiger partial charge in [-0.1, -0.05) is 41.6 Å². The van der Waals surface area contributed by atoms with Crippen LogP contribution in [0.5, 0.6) is 5.75 Å². The molecule has 2 aliphatic rings. The number of methoxy groups -OCH3 is 1. The van der Waals surface area contributed by atoms with Crippen LogP contribution in [0.2, 0.25) is 0 Å². The topological polar surface area (TPSA) is 52.4 Å². The highest BCUT2D eigenvalue weighted by Crippen LogP contribution is 2.34. The number of piperidine rings is 1. The van der Waals surface area contributed by atoms with E-state index in [1.165, 1.54) is 16.7 Å². The van der Waals surface area contributed by atoms with Crippen LogP contribution in [0.15, 0.2) is 47.6 Å². The predicted molar refractivity (Wildman–Crippen MR) is 141 cm³/mol. The molecular formula is C28H36N4O2S. The van der Waals surface area contributed by atoms with E-state index in [2.05, 4.69) is 58.7 Å². The van der Waals surface area contributed by atoms with Crippen molar-refractivity contribution in [1.29, 1.82) is 0 Å². The molecule has 6 nitrogen and oxygen atoms in total. The molecule has 2 aromatic carbocycles. The summed E-state index contributed by atoms with van der Waals surface area (Å²) in [7, 11) is 1.71. The number of nitrogens with zero attached hydrogens (tertiary/aromatic N) is 4. The SMILES string of the molecule is COc1cccc(-n2c(SCC3CCCO3)nnc2C2CCN(Cc3cc(C)ccc3C)CC2)c1. The van der Waals surface area contributed by atoms with Crippen LogP contribution in [0.3, 0.4) is 0 Å². The van der Waals surface area contributed by atoms with E-state index in [0.717, 1.165) is 80.1 Å². The number of hydrogen-bond donors (Lipinski definition) is 0. The first-order chi connectivity index (χ1) is 17.1. The molecule has 1 aromatic heterocycles. The van der Waals surface area contributed by atoms with Gasteiger partial charge >= 0.3 is 0 Å². The van der Waals surface area contributed by atoms with Crippen molar-refractivity contribution in [1.82, 2.24) is 19.7 Å². The number of thioether (sulfide) groups is 1. The number of aromatic nitrogens is 3. The third-order valence-corrected chi connectivity index (χ3v) is 8.30. The van der Waals surface area contributed by atoms with E-state index in [4.69, 9.17) is 14.6 Å². The van der Waals surface area contributed by atoms with Crippen molar-refractivity contribution in [2.24, 2.45) is 0 Å². The number of rotatable bonds is 8. The Labute approximate surface area is 213 Å². The summed E-state index contributed by atoms with van der Waals surface area (Å²) in [5.41, 5.74) is 5.22. The average molecular weight is 493 g/mol. The molecule has 1 unspecified atom stereocenters. The van der Waals surface area contributed by atoms with Gasteiger partial charge in [0.05, 0.1) is 18.9 Å². The van der Waals surface area contributed by atoms with Gasteiger partial charge in [-0.15, -0.1) is 10.2 Å². The number of hydrogen-bond acceptors (Lipinski definition) is 6. The van der Waals surface area contributed by atoms with E-state index < -0.39 is 0 Å². The van der Waals surface area contributed by atoms with Crippen LogP contribution in [0.25, 0.3) is 5.69 Å². The summed E-state index contributed by atoms with van der Waals surface area (Å²) in [6.07, 6.45) is 4.77. The Kier molecular flexibility index (Phi) is 7.75. The molecule has 0 N–H and O–H groups in total. The van der Waals surface area contributed by atoms with Gasteiger partial charge in [-0.2, -0.15) is 0 Å². The van der Waals surface area contributed by atoms with E-state index in [1.807, 2.05) is 12.1 Å². The molecule has 35 heavy (non-hydrogen) atoms. The Morgan fingerprint density at radius 1 is 1.06 bits per heavy atom. The molecule has 0 bridgehead atoms. The summed E-state index contributed by atoms with van der Waals surface area (Å²) in [6.45, 7) is 8.43. The standard InChI is InChI=1S/C28H36N4O2S/c1-20-9-10-21(2)23(16-20)18-31-13-11-22(12-14-31)27-29-30-28(35-19-26-8-5-15-34-26)32(27)24-6-4-7-25(17-24)33-3/h4,6-7,9-10,16-17,22,26H,5,8,11-15,18-19H2,1-3H3. The van der Waals surface area contributed by atoms with E-state index in [-0.39, 0.29) is 0 Å². The van der Waals surface area contributed by atoms with Crippen molar-refractivity contribution < 1.29 is 9.47 Å². The monoisotopic (exact) mass is 492 g/mol. The summed E-state index contributed by atoms with van der Waals surface area (Å²) in [5.74, 6) is 3.22. The molecule has 0 amide bonds. The zero-order valence-electron chi connectivity index (χ0n) is 21.1. The summed E-state index contributed by atoms with van der Waals surface area (Å²) in [5, 5.41) is 10.3. The fourth-order valence-electron chi connectivity index (χ4n) is 5.14.